The number of hydrogen-bond donors (Lipinski definition) is 1. The van der Waals surface area contributed by atoms with E-state index in [0.29, 0.717) is 19.4 Å². The van der Waals surface area contributed by atoms with Crippen LogP contribution in [0.4, 0.5) is 0 Å². The van der Waals surface area contributed by atoms with Crippen LogP contribution < -0.4 is 0 Å². The molecule has 0 unspecified atom stereocenters. The fraction of sp³-hybridized carbons (Fsp3) is 0.900. The topological polar surface area (TPSA) is 74.7 Å². The molecule has 1 rings (SSSR count). The van der Waals surface area contributed by atoms with Crippen molar-refractivity contribution in [3.05, 3.63) is 0 Å². The number of nitrogens with zero attached hydrogens (tertiary/aromatic N) is 1. The Hall–Kier alpha value is -0.620. The minimum Gasteiger partial charge on any atom is -0.481 e. The summed E-state index contributed by atoms with van der Waals surface area (Å²) in [6, 6.07) is 0.230. The summed E-state index contributed by atoms with van der Waals surface area (Å²) in [5.41, 5.74) is 0. The van der Waals surface area contributed by atoms with Crippen molar-refractivity contribution in [3.8, 4) is 0 Å². The van der Waals surface area contributed by atoms with Gasteiger partial charge < -0.3 is 10.0 Å². The Labute approximate surface area is 96.4 Å². The maximum atomic E-state index is 11.3. The van der Waals surface area contributed by atoms with Gasteiger partial charge >= 0.3 is 5.97 Å². The van der Waals surface area contributed by atoms with E-state index in [2.05, 4.69) is 4.90 Å². The second kappa shape index (κ2) is 5.63. The number of sulfone groups is 1. The van der Waals surface area contributed by atoms with Crippen LogP contribution in [0, 0.1) is 0 Å². The van der Waals surface area contributed by atoms with Crippen molar-refractivity contribution >= 4 is 15.8 Å². The predicted molar refractivity (Wildman–Crippen MR) is 61.2 cm³/mol. The zero-order valence-electron chi connectivity index (χ0n) is 9.55. The Kier molecular flexibility index (Phi) is 4.73. The fourth-order valence-electron chi connectivity index (χ4n) is 2.08. The molecule has 1 fully saturated rings. The minimum absolute atomic E-state index is 0.122. The SMILES string of the molecule is CCN(CCC(=O)O)C1CCS(=O)(=O)CC1. The molecule has 1 aliphatic rings. The second-order valence-electron chi connectivity index (χ2n) is 4.16. The molecule has 0 saturated carbocycles. The molecular formula is C10H19NO4S. The quantitative estimate of drug-likeness (QED) is 0.761. The van der Waals surface area contributed by atoms with Gasteiger partial charge in [0.2, 0.25) is 0 Å². The van der Waals surface area contributed by atoms with Gasteiger partial charge in [-0.2, -0.15) is 0 Å². The van der Waals surface area contributed by atoms with Gasteiger partial charge in [-0.25, -0.2) is 8.42 Å². The molecule has 0 aromatic rings. The molecule has 6 heteroatoms. The van der Waals surface area contributed by atoms with E-state index in [0.717, 1.165) is 6.54 Å². The van der Waals surface area contributed by atoms with Gasteiger partial charge in [0.25, 0.3) is 0 Å². The normalized spacial score (nSPS) is 21.1. The molecule has 1 aliphatic heterocycles. The van der Waals surface area contributed by atoms with Gasteiger partial charge in [0, 0.05) is 12.6 Å². The molecule has 94 valence electrons. The Morgan fingerprint density at radius 1 is 1.38 bits per heavy atom. The van der Waals surface area contributed by atoms with E-state index in [9.17, 15) is 13.2 Å². The van der Waals surface area contributed by atoms with Gasteiger partial charge in [-0.05, 0) is 19.4 Å². The summed E-state index contributed by atoms with van der Waals surface area (Å²) in [6.45, 7) is 3.26. The van der Waals surface area contributed by atoms with E-state index in [1.165, 1.54) is 0 Å². The van der Waals surface area contributed by atoms with Crippen LogP contribution in [0.15, 0.2) is 0 Å². The summed E-state index contributed by atoms with van der Waals surface area (Å²) in [5, 5.41) is 8.62. The molecule has 0 bridgehead atoms. The Balaban J connectivity index is 2.45. The first-order valence-corrected chi connectivity index (χ1v) is 7.43. The van der Waals surface area contributed by atoms with Crippen LogP contribution in [0.1, 0.15) is 26.2 Å². The number of carboxylic acid groups (broad SMARTS) is 1. The molecule has 1 heterocycles. The summed E-state index contributed by atoms with van der Waals surface area (Å²) in [7, 11) is -2.83. The first-order chi connectivity index (χ1) is 7.44. The van der Waals surface area contributed by atoms with Crippen molar-refractivity contribution < 1.29 is 18.3 Å². The van der Waals surface area contributed by atoms with Gasteiger partial charge in [-0.1, -0.05) is 6.92 Å². The molecule has 0 aliphatic carbocycles. The Morgan fingerprint density at radius 3 is 2.38 bits per heavy atom. The third-order valence-corrected chi connectivity index (χ3v) is 4.78. The van der Waals surface area contributed by atoms with Gasteiger partial charge in [-0.3, -0.25) is 4.79 Å². The van der Waals surface area contributed by atoms with Crippen molar-refractivity contribution in [2.75, 3.05) is 24.6 Å². The van der Waals surface area contributed by atoms with Gasteiger partial charge in [0.1, 0.15) is 9.84 Å². The van der Waals surface area contributed by atoms with E-state index in [-0.39, 0.29) is 24.0 Å². The predicted octanol–water partition coefficient (Wildman–Crippen LogP) is 0.360. The minimum atomic E-state index is -2.83. The highest BCUT2D eigenvalue weighted by Crippen LogP contribution is 2.18. The lowest BCUT2D eigenvalue weighted by Gasteiger charge is -2.32. The number of aliphatic carboxylic acids is 1. The highest BCUT2D eigenvalue weighted by Gasteiger charge is 2.27. The summed E-state index contributed by atoms with van der Waals surface area (Å²) in [4.78, 5) is 12.6. The van der Waals surface area contributed by atoms with Gasteiger partial charge in [0.15, 0.2) is 0 Å². The van der Waals surface area contributed by atoms with E-state index in [1.807, 2.05) is 6.92 Å². The van der Waals surface area contributed by atoms with E-state index in [1.54, 1.807) is 0 Å². The molecule has 16 heavy (non-hydrogen) atoms. The Morgan fingerprint density at radius 2 is 1.94 bits per heavy atom. The van der Waals surface area contributed by atoms with E-state index < -0.39 is 15.8 Å². The van der Waals surface area contributed by atoms with E-state index >= 15 is 0 Å². The number of rotatable bonds is 5. The molecule has 0 spiro atoms. The zero-order valence-corrected chi connectivity index (χ0v) is 10.4. The van der Waals surface area contributed by atoms with Crippen LogP contribution in [0.25, 0.3) is 0 Å². The maximum Gasteiger partial charge on any atom is 0.304 e. The molecular weight excluding hydrogens is 230 g/mol. The largest absolute Gasteiger partial charge is 0.481 e. The summed E-state index contributed by atoms with van der Waals surface area (Å²) in [6.07, 6.45) is 1.39. The van der Waals surface area contributed by atoms with Crippen molar-refractivity contribution in [1.82, 2.24) is 4.90 Å². The van der Waals surface area contributed by atoms with Gasteiger partial charge in [-0.15, -0.1) is 0 Å². The Bertz CT molecular complexity index is 325. The first-order valence-electron chi connectivity index (χ1n) is 5.61. The van der Waals surface area contributed by atoms with Crippen molar-refractivity contribution in [2.45, 2.75) is 32.2 Å². The van der Waals surface area contributed by atoms with Crippen molar-refractivity contribution in [2.24, 2.45) is 0 Å². The fourth-order valence-corrected chi connectivity index (χ4v) is 3.55. The maximum absolute atomic E-state index is 11.3. The van der Waals surface area contributed by atoms with E-state index in [4.69, 9.17) is 5.11 Å². The standard InChI is InChI=1S/C10H19NO4S/c1-2-11(6-3-10(12)13)9-4-7-16(14,15)8-5-9/h9H,2-8H2,1H3,(H,12,13). The van der Waals surface area contributed by atoms with Crippen molar-refractivity contribution in [3.63, 3.8) is 0 Å². The van der Waals surface area contributed by atoms with Crippen LogP contribution in [0.5, 0.6) is 0 Å². The first kappa shape index (κ1) is 13.4. The molecule has 0 radical (unpaired) electrons. The molecule has 5 nitrogen and oxygen atoms in total. The summed E-state index contributed by atoms with van der Waals surface area (Å²) >= 11 is 0. The molecule has 0 aromatic heterocycles. The third-order valence-electron chi connectivity index (χ3n) is 3.06. The average molecular weight is 249 g/mol. The monoisotopic (exact) mass is 249 g/mol. The molecule has 0 amide bonds. The van der Waals surface area contributed by atoms with Crippen LogP contribution in [-0.4, -0.2) is 55.0 Å². The smallest absolute Gasteiger partial charge is 0.304 e. The highest BCUT2D eigenvalue weighted by molar-refractivity contribution is 7.91. The third kappa shape index (κ3) is 4.09. The lowest BCUT2D eigenvalue weighted by Crippen LogP contribution is -2.42. The van der Waals surface area contributed by atoms with Crippen molar-refractivity contribution in [1.29, 1.82) is 0 Å². The molecule has 1 saturated heterocycles. The lowest BCUT2D eigenvalue weighted by atomic mass is 10.1. The molecule has 0 atom stereocenters. The highest BCUT2D eigenvalue weighted by atomic mass is 32.2. The summed E-state index contributed by atoms with van der Waals surface area (Å²) in [5.74, 6) is -0.329. The number of hydrogen-bond acceptors (Lipinski definition) is 4. The number of carbonyl (C=O) groups is 1. The lowest BCUT2D eigenvalue weighted by molar-refractivity contribution is -0.137. The molecule has 1 N–H and O–H groups in total. The second-order valence-corrected chi connectivity index (χ2v) is 6.46. The van der Waals surface area contributed by atoms with Crippen LogP contribution in [0.2, 0.25) is 0 Å². The van der Waals surface area contributed by atoms with Gasteiger partial charge in [0.05, 0.1) is 17.9 Å². The number of carboxylic acids is 1. The zero-order chi connectivity index (χ0) is 12.2. The van der Waals surface area contributed by atoms with Crippen LogP contribution >= 0.6 is 0 Å². The summed E-state index contributed by atoms with van der Waals surface area (Å²) < 4.78 is 22.5. The molecule has 0 aromatic carbocycles. The van der Waals surface area contributed by atoms with Crippen LogP contribution in [-0.2, 0) is 14.6 Å². The average Bonchev–Trinajstić information content (AvgIpc) is 2.20. The van der Waals surface area contributed by atoms with Crippen LogP contribution in [0.3, 0.4) is 0 Å².